The van der Waals surface area contributed by atoms with E-state index in [0.717, 1.165) is 49.5 Å². The van der Waals surface area contributed by atoms with Crippen LogP contribution in [0.25, 0.3) is 0 Å². The summed E-state index contributed by atoms with van der Waals surface area (Å²) in [7, 11) is 0. The minimum atomic E-state index is -0.880. The van der Waals surface area contributed by atoms with Crippen LogP contribution in [0.3, 0.4) is 0 Å². The maximum absolute atomic E-state index is 11.6. The number of allylic oxidation sites excluding steroid dienone is 5. The molecule has 2 rings (SSSR count). The summed E-state index contributed by atoms with van der Waals surface area (Å²) in [6, 6.07) is 0. The van der Waals surface area contributed by atoms with Crippen molar-refractivity contribution in [3.8, 4) is 0 Å². The van der Waals surface area contributed by atoms with Crippen molar-refractivity contribution in [2.75, 3.05) is 6.61 Å². The fourth-order valence-electron chi connectivity index (χ4n) is 5.96. The van der Waals surface area contributed by atoms with E-state index in [4.69, 9.17) is 4.74 Å². The summed E-state index contributed by atoms with van der Waals surface area (Å²) in [6.07, 6.45) is 11.4. The number of aldehydes is 1. The Bertz CT molecular complexity index is 819. The van der Waals surface area contributed by atoms with Crippen LogP contribution in [-0.2, 0) is 9.53 Å². The molecule has 0 aromatic rings. The zero-order chi connectivity index (χ0) is 26.4. The Morgan fingerprint density at radius 1 is 1.14 bits per heavy atom. The van der Waals surface area contributed by atoms with E-state index in [1.165, 1.54) is 11.1 Å². The molecule has 1 saturated carbocycles. The number of hydrogen-bond acceptors (Lipinski definition) is 5. The maximum atomic E-state index is 11.6. The number of aliphatic hydroxyl groups is 3. The molecular formula is C30H50O5. The highest BCUT2D eigenvalue weighted by molar-refractivity contribution is 5.74. The van der Waals surface area contributed by atoms with Gasteiger partial charge < -0.3 is 20.1 Å². The van der Waals surface area contributed by atoms with Gasteiger partial charge in [-0.05, 0) is 111 Å². The number of aliphatic hydroxyl groups excluding tert-OH is 2. The van der Waals surface area contributed by atoms with Crippen molar-refractivity contribution >= 4 is 6.29 Å². The normalized spacial score (nSPS) is 35.4. The van der Waals surface area contributed by atoms with Crippen LogP contribution in [0.4, 0.5) is 0 Å². The van der Waals surface area contributed by atoms with E-state index >= 15 is 0 Å². The Labute approximate surface area is 213 Å². The van der Waals surface area contributed by atoms with Gasteiger partial charge in [-0.3, -0.25) is 4.79 Å². The Morgan fingerprint density at radius 3 is 2.43 bits per heavy atom. The van der Waals surface area contributed by atoms with E-state index in [2.05, 4.69) is 39.8 Å². The average molecular weight is 491 g/mol. The summed E-state index contributed by atoms with van der Waals surface area (Å²) >= 11 is 0. The topological polar surface area (TPSA) is 90.3 Å². The van der Waals surface area contributed by atoms with Crippen LogP contribution in [0.15, 0.2) is 34.4 Å². The maximum Gasteiger partial charge on any atom is 0.145 e. The van der Waals surface area contributed by atoms with Gasteiger partial charge in [-0.15, -0.1) is 0 Å². The van der Waals surface area contributed by atoms with Crippen LogP contribution in [0.2, 0.25) is 0 Å². The monoisotopic (exact) mass is 490 g/mol. The summed E-state index contributed by atoms with van der Waals surface area (Å²) in [5.74, 6) is 0.0323. The Morgan fingerprint density at radius 2 is 1.83 bits per heavy atom. The van der Waals surface area contributed by atoms with Crippen molar-refractivity contribution in [1.29, 1.82) is 0 Å². The molecule has 1 aliphatic heterocycles. The lowest BCUT2D eigenvalue weighted by atomic mass is 9.54. The number of ether oxygens (including phenoxy) is 1. The molecule has 1 heterocycles. The predicted molar refractivity (Wildman–Crippen MR) is 142 cm³/mol. The molecule has 1 saturated heterocycles. The van der Waals surface area contributed by atoms with E-state index in [1.54, 1.807) is 0 Å². The second kappa shape index (κ2) is 12.3. The minimum absolute atomic E-state index is 0.0323. The molecule has 1 aliphatic carbocycles. The van der Waals surface area contributed by atoms with E-state index in [1.807, 2.05) is 20.8 Å². The Kier molecular flexibility index (Phi) is 10.5. The fraction of sp³-hybridized carbons (Fsp3) is 0.767. The van der Waals surface area contributed by atoms with Crippen molar-refractivity contribution in [3.63, 3.8) is 0 Å². The first-order valence-electron chi connectivity index (χ1n) is 13.4. The van der Waals surface area contributed by atoms with Crippen molar-refractivity contribution in [2.45, 2.75) is 130 Å². The SMILES string of the molecule is CC(C)=CCC/C(C)=C/C[C@@H](O)C1(C)OC1CC[C@@]1(C)[C@H](CCCO)/C(=C(/C)C=O)CC[C@]1(C)O. The molecular weight excluding hydrogens is 440 g/mol. The van der Waals surface area contributed by atoms with Gasteiger partial charge in [0, 0.05) is 12.0 Å². The highest BCUT2D eigenvalue weighted by atomic mass is 16.6. The third-order valence-electron chi connectivity index (χ3n) is 8.98. The smallest absolute Gasteiger partial charge is 0.145 e. The van der Waals surface area contributed by atoms with Gasteiger partial charge in [-0.25, -0.2) is 0 Å². The molecule has 3 N–H and O–H groups in total. The lowest BCUT2D eigenvalue weighted by Gasteiger charge is -2.53. The van der Waals surface area contributed by atoms with Gasteiger partial charge >= 0.3 is 0 Å². The van der Waals surface area contributed by atoms with Gasteiger partial charge in [0.1, 0.15) is 11.9 Å². The molecule has 0 aromatic heterocycles. The largest absolute Gasteiger partial charge is 0.396 e. The van der Waals surface area contributed by atoms with Gasteiger partial charge in [0.15, 0.2) is 0 Å². The molecule has 0 bridgehead atoms. The zero-order valence-electron chi connectivity index (χ0n) is 23.2. The quantitative estimate of drug-likeness (QED) is 0.131. The second-order valence-electron chi connectivity index (χ2n) is 11.9. The zero-order valence-corrected chi connectivity index (χ0v) is 23.2. The number of epoxide rings is 1. The fourth-order valence-corrected chi connectivity index (χ4v) is 5.96. The van der Waals surface area contributed by atoms with Crippen LogP contribution in [0.1, 0.15) is 106 Å². The van der Waals surface area contributed by atoms with Gasteiger partial charge in [-0.1, -0.05) is 35.8 Å². The van der Waals surface area contributed by atoms with Crippen molar-refractivity contribution in [3.05, 3.63) is 34.4 Å². The molecule has 0 aromatic carbocycles. The molecule has 6 atom stereocenters. The molecule has 200 valence electrons. The van der Waals surface area contributed by atoms with E-state index in [9.17, 15) is 20.1 Å². The van der Waals surface area contributed by atoms with E-state index in [-0.39, 0.29) is 18.6 Å². The molecule has 0 radical (unpaired) electrons. The number of rotatable bonds is 13. The summed E-state index contributed by atoms with van der Waals surface area (Å²) in [5, 5.41) is 31.9. The van der Waals surface area contributed by atoms with Crippen LogP contribution in [-0.4, -0.2) is 51.6 Å². The number of carbonyl (C=O) groups excluding carboxylic acids is 1. The summed E-state index contributed by atoms with van der Waals surface area (Å²) in [5.41, 5.74) is 2.59. The second-order valence-corrected chi connectivity index (χ2v) is 11.9. The third-order valence-corrected chi connectivity index (χ3v) is 8.98. The predicted octanol–water partition coefficient (Wildman–Crippen LogP) is 5.82. The highest BCUT2D eigenvalue weighted by Crippen LogP contribution is 2.56. The average Bonchev–Trinajstić information content (AvgIpc) is 3.47. The summed E-state index contributed by atoms with van der Waals surface area (Å²) < 4.78 is 6.05. The molecule has 2 fully saturated rings. The Balaban J connectivity index is 2.07. The van der Waals surface area contributed by atoms with E-state index in [0.29, 0.717) is 25.7 Å². The van der Waals surface area contributed by atoms with Crippen molar-refractivity contribution < 1.29 is 24.9 Å². The highest BCUT2D eigenvalue weighted by Gasteiger charge is 2.59. The van der Waals surface area contributed by atoms with Gasteiger partial charge in [-0.2, -0.15) is 0 Å². The molecule has 2 aliphatic rings. The van der Waals surface area contributed by atoms with Crippen molar-refractivity contribution in [1.82, 2.24) is 0 Å². The number of carbonyl (C=O) groups is 1. The van der Waals surface area contributed by atoms with Crippen LogP contribution in [0, 0.1) is 11.3 Å². The molecule has 5 heteroatoms. The van der Waals surface area contributed by atoms with Crippen molar-refractivity contribution in [2.24, 2.45) is 11.3 Å². The first-order valence-corrected chi connectivity index (χ1v) is 13.4. The first-order chi connectivity index (χ1) is 16.3. The first kappa shape index (κ1) is 30.0. The third kappa shape index (κ3) is 7.15. The summed E-state index contributed by atoms with van der Waals surface area (Å²) in [4.78, 5) is 11.6. The van der Waals surface area contributed by atoms with Gasteiger partial charge in [0.2, 0.25) is 0 Å². The molecule has 35 heavy (non-hydrogen) atoms. The Hall–Kier alpha value is -1.27. The molecule has 0 amide bonds. The molecule has 5 nitrogen and oxygen atoms in total. The van der Waals surface area contributed by atoms with E-state index < -0.39 is 22.7 Å². The lowest BCUT2D eigenvalue weighted by molar-refractivity contribution is -0.116. The molecule has 2 unspecified atom stereocenters. The number of hydrogen-bond donors (Lipinski definition) is 3. The van der Waals surface area contributed by atoms with Gasteiger partial charge in [0.25, 0.3) is 0 Å². The van der Waals surface area contributed by atoms with Crippen LogP contribution in [0.5, 0.6) is 0 Å². The van der Waals surface area contributed by atoms with Crippen LogP contribution >= 0.6 is 0 Å². The van der Waals surface area contributed by atoms with Crippen LogP contribution < -0.4 is 0 Å². The standard InChI is InChI=1S/C30H50O5/c1-21(2)10-8-11-22(3)13-14-26(33)30(7)27(35-30)16-17-28(5)25(12-9-19-31)24(23(4)20-32)15-18-29(28,6)34/h10,13,20,25-27,31,33-34H,8-9,11-12,14-19H2,1-7H3/b22-13+,24-23-/t25-,26-,27?,28+,29+,30?/m1/s1. The minimum Gasteiger partial charge on any atom is -0.396 e. The lowest BCUT2D eigenvalue weighted by Crippen LogP contribution is -2.53. The van der Waals surface area contributed by atoms with Gasteiger partial charge in [0.05, 0.1) is 17.8 Å². The summed E-state index contributed by atoms with van der Waals surface area (Å²) in [6.45, 7) is 14.3. The molecule has 0 spiro atoms.